The fourth-order valence-corrected chi connectivity index (χ4v) is 1.55. The Hall–Kier alpha value is -0.870. The number of nitrogens with zero attached hydrogens (tertiary/aromatic N) is 1. The first kappa shape index (κ1) is 14.2. The van der Waals surface area contributed by atoms with E-state index in [-0.39, 0.29) is 12.1 Å². The molecule has 17 heavy (non-hydrogen) atoms. The molecule has 0 aromatic heterocycles. The van der Waals surface area contributed by atoms with E-state index < -0.39 is 5.41 Å². The highest BCUT2D eigenvalue weighted by atomic mass is 16.7. The maximum atomic E-state index is 11.7. The number of hydrogen-bond donors (Lipinski definition) is 0. The molecule has 0 bridgehead atoms. The lowest BCUT2D eigenvalue weighted by Gasteiger charge is -2.31. The van der Waals surface area contributed by atoms with E-state index in [1.807, 2.05) is 20.8 Å². The van der Waals surface area contributed by atoms with E-state index in [9.17, 15) is 4.79 Å². The van der Waals surface area contributed by atoms with E-state index in [0.29, 0.717) is 6.61 Å². The van der Waals surface area contributed by atoms with Crippen molar-refractivity contribution in [2.24, 2.45) is 5.41 Å². The zero-order valence-corrected chi connectivity index (χ0v) is 11.1. The van der Waals surface area contributed by atoms with E-state index in [2.05, 4.69) is 6.58 Å². The molecule has 0 unspecified atom stereocenters. The van der Waals surface area contributed by atoms with Gasteiger partial charge < -0.3 is 9.57 Å². The lowest BCUT2D eigenvalue weighted by atomic mass is 9.98. The van der Waals surface area contributed by atoms with Gasteiger partial charge in [-0.2, -0.15) is 0 Å². The Morgan fingerprint density at radius 1 is 1.41 bits per heavy atom. The average Bonchev–Trinajstić information content (AvgIpc) is 2.27. The summed E-state index contributed by atoms with van der Waals surface area (Å²) in [6.07, 6.45) is 3.81. The number of hydroxylamine groups is 2. The fourth-order valence-electron chi connectivity index (χ4n) is 1.55. The Balaban J connectivity index is 2.28. The zero-order chi connectivity index (χ0) is 12.9. The second kappa shape index (κ2) is 6.17. The minimum atomic E-state index is -0.448. The largest absolute Gasteiger partial charge is 0.374 e. The average molecular weight is 241 g/mol. The molecule has 4 nitrogen and oxygen atoms in total. The van der Waals surface area contributed by atoms with E-state index >= 15 is 0 Å². The first-order valence-corrected chi connectivity index (χ1v) is 6.13. The van der Waals surface area contributed by atoms with Crippen LogP contribution < -0.4 is 0 Å². The Kier molecular flexibility index (Phi) is 5.15. The van der Waals surface area contributed by atoms with Crippen LogP contribution in [0.1, 0.15) is 33.6 Å². The smallest absolute Gasteiger partial charge is 0.330 e. The Morgan fingerprint density at radius 2 is 2.00 bits per heavy atom. The quantitative estimate of drug-likeness (QED) is 0.707. The summed E-state index contributed by atoms with van der Waals surface area (Å²) in [6.45, 7) is 11.3. The molecule has 0 aromatic rings. The summed E-state index contributed by atoms with van der Waals surface area (Å²) in [5.74, 6) is -0.178. The molecule has 0 atom stereocenters. The van der Waals surface area contributed by atoms with Crippen molar-refractivity contribution < 1.29 is 14.4 Å². The lowest BCUT2D eigenvalue weighted by Crippen LogP contribution is -2.40. The summed E-state index contributed by atoms with van der Waals surface area (Å²) >= 11 is 0. The third kappa shape index (κ3) is 4.88. The van der Waals surface area contributed by atoms with Gasteiger partial charge in [0.2, 0.25) is 0 Å². The van der Waals surface area contributed by atoms with Gasteiger partial charge in [-0.3, -0.25) is 0 Å². The zero-order valence-electron chi connectivity index (χ0n) is 11.1. The minimum Gasteiger partial charge on any atom is -0.374 e. The van der Waals surface area contributed by atoms with Gasteiger partial charge in [-0.05, 0) is 33.6 Å². The van der Waals surface area contributed by atoms with Crippen molar-refractivity contribution >= 4 is 5.97 Å². The standard InChI is InChI=1S/C13H23NO3/c1-5-10-16-11-6-8-14(9-7-11)17-12(15)13(2,3)4/h5,11H,1,6-10H2,2-4H3. The SMILES string of the molecule is C=CCOC1CCN(OC(=O)C(C)(C)C)CC1. The van der Waals surface area contributed by atoms with Crippen LogP contribution in [0, 0.1) is 5.41 Å². The summed E-state index contributed by atoms with van der Waals surface area (Å²) < 4.78 is 5.57. The molecule has 0 aromatic carbocycles. The van der Waals surface area contributed by atoms with Gasteiger partial charge >= 0.3 is 5.97 Å². The number of carbonyl (C=O) groups excluding carboxylic acids is 1. The molecule has 98 valence electrons. The third-order valence-electron chi connectivity index (χ3n) is 2.68. The van der Waals surface area contributed by atoms with Crippen molar-refractivity contribution in [2.45, 2.75) is 39.7 Å². The first-order chi connectivity index (χ1) is 7.93. The van der Waals surface area contributed by atoms with Crippen LogP contribution in [-0.4, -0.2) is 36.8 Å². The van der Waals surface area contributed by atoms with Gasteiger partial charge in [0.15, 0.2) is 0 Å². The number of rotatable bonds is 4. The molecule has 0 radical (unpaired) electrons. The van der Waals surface area contributed by atoms with Crippen molar-refractivity contribution in [1.29, 1.82) is 0 Å². The number of hydrogen-bond acceptors (Lipinski definition) is 4. The van der Waals surface area contributed by atoms with Gasteiger partial charge in [0.25, 0.3) is 0 Å². The molecule has 1 saturated heterocycles. The molecule has 1 heterocycles. The molecule has 0 N–H and O–H groups in total. The topological polar surface area (TPSA) is 38.8 Å². The maximum absolute atomic E-state index is 11.7. The molecule has 1 aliphatic rings. The van der Waals surface area contributed by atoms with Crippen LogP contribution in [0.5, 0.6) is 0 Å². The molecule has 4 heteroatoms. The molecule has 0 spiro atoms. The van der Waals surface area contributed by atoms with E-state index in [4.69, 9.17) is 9.57 Å². The van der Waals surface area contributed by atoms with Crippen LogP contribution in [0.3, 0.4) is 0 Å². The predicted molar refractivity (Wildman–Crippen MR) is 66.3 cm³/mol. The van der Waals surface area contributed by atoms with Crippen molar-refractivity contribution in [2.75, 3.05) is 19.7 Å². The Labute approximate surface area is 104 Å². The third-order valence-corrected chi connectivity index (χ3v) is 2.68. The second-order valence-electron chi connectivity index (χ2n) is 5.38. The molecule has 1 aliphatic heterocycles. The van der Waals surface area contributed by atoms with E-state index in [1.165, 1.54) is 0 Å². The van der Waals surface area contributed by atoms with Crippen LogP contribution in [-0.2, 0) is 14.4 Å². The maximum Gasteiger partial charge on any atom is 0.330 e. The molecular weight excluding hydrogens is 218 g/mol. The van der Waals surface area contributed by atoms with Gasteiger partial charge in [0.05, 0.1) is 18.1 Å². The fraction of sp³-hybridized carbons (Fsp3) is 0.769. The van der Waals surface area contributed by atoms with Crippen LogP contribution >= 0.6 is 0 Å². The summed E-state index contributed by atoms with van der Waals surface area (Å²) in [6, 6.07) is 0. The van der Waals surface area contributed by atoms with Crippen molar-refractivity contribution in [1.82, 2.24) is 5.06 Å². The highest BCUT2D eigenvalue weighted by molar-refractivity contribution is 5.75. The summed E-state index contributed by atoms with van der Waals surface area (Å²) in [7, 11) is 0. The molecule has 0 aliphatic carbocycles. The second-order valence-corrected chi connectivity index (χ2v) is 5.38. The van der Waals surface area contributed by atoms with Gasteiger partial charge in [0.1, 0.15) is 0 Å². The van der Waals surface area contributed by atoms with Crippen LogP contribution in [0.15, 0.2) is 12.7 Å². The van der Waals surface area contributed by atoms with Crippen molar-refractivity contribution in [3.05, 3.63) is 12.7 Å². The normalized spacial score (nSPS) is 19.0. The molecule has 1 rings (SSSR count). The monoisotopic (exact) mass is 241 g/mol. The van der Waals surface area contributed by atoms with Crippen molar-refractivity contribution in [3.63, 3.8) is 0 Å². The minimum absolute atomic E-state index is 0.178. The Bertz CT molecular complexity index is 262. The number of piperidine rings is 1. The summed E-state index contributed by atoms with van der Waals surface area (Å²) in [4.78, 5) is 17.0. The highest BCUT2D eigenvalue weighted by Gasteiger charge is 2.28. The van der Waals surface area contributed by atoms with Gasteiger partial charge in [0, 0.05) is 13.1 Å². The summed E-state index contributed by atoms with van der Waals surface area (Å²) in [5.41, 5.74) is -0.448. The number of ether oxygens (including phenoxy) is 1. The van der Waals surface area contributed by atoms with Gasteiger partial charge in [-0.1, -0.05) is 6.08 Å². The van der Waals surface area contributed by atoms with Gasteiger partial charge in [-0.25, -0.2) is 4.79 Å². The molecule has 0 amide bonds. The van der Waals surface area contributed by atoms with Gasteiger partial charge in [-0.15, -0.1) is 11.6 Å². The first-order valence-electron chi connectivity index (χ1n) is 6.13. The number of carbonyl (C=O) groups is 1. The van der Waals surface area contributed by atoms with Crippen LogP contribution in [0.2, 0.25) is 0 Å². The summed E-state index contributed by atoms with van der Waals surface area (Å²) in [5, 5.41) is 1.74. The molecular formula is C13H23NO3. The Morgan fingerprint density at radius 3 is 2.47 bits per heavy atom. The predicted octanol–water partition coefficient (Wildman–Crippen LogP) is 2.16. The molecule has 1 fully saturated rings. The van der Waals surface area contributed by atoms with E-state index in [1.54, 1.807) is 11.1 Å². The highest BCUT2D eigenvalue weighted by Crippen LogP contribution is 2.19. The van der Waals surface area contributed by atoms with Crippen molar-refractivity contribution in [3.8, 4) is 0 Å². The molecule has 0 saturated carbocycles. The lowest BCUT2D eigenvalue weighted by molar-refractivity contribution is -0.209. The van der Waals surface area contributed by atoms with E-state index in [0.717, 1.165) is 25.9 Å². The van der Waals surface area contributed by atoms with Crippen LogP contribution in [0.4, 0.5) is 0 Å². The van der Waals surface area contributed by atoms with Crippen LogP contribution in [0.25, 0.3) is 0 Å².